The number of nitrogens with one attached hydrogen (secondary N) is 1. The number of amides is 1. The molecule has 1 aromatic rings. The van der Waals surface area contributed by atoms with Gasteiger partial charge >= 0.3 is 5.97 Å². The highest BCUT2D eigenvalue weighted by Gasteiger charge is 2.14. The molecule has 1 amide bonds. The summed E-state index contributed by atoms with van der Waals surface area (Å²) in [5.74, 6) is -0.789. The molecule has 0 spiro atoms. The molecule has 0 atom stereocenters. The highest BCUT2D eigenvalue weighted by atomic mass is 16.5. The molecule has 3 N–H and O–H groups in total. The number of nitrogens with two attached hydrogens (primary N) is 1. The second-order valence-electron chi connectivity index (χ2n) is 4.73. The van der Waals surface area contributed by atoms with Gasteiger partial charge in [-0.3, -0.25) is 4.79 Å². The summed E-state index contributed by atoms with van der Waals surface area (Å²) in [5.41, 5.74) is 7.36. The van der Waals surface area contributed by atoms with Gasteiger partial charge in [-0.05, 0) is 43.5 Å². The quantitative estimate of drug-likeness (QED) is 0.616. The predicted octanol–water partition coefficient (Wildman–Crippen LogP) is 2.04. The molecule has 1 rings (SSSR count). The van der Waals surface area contributed by atoms with Gasteiger partial charge in [0, 0.05) is 11.7 Å². The van der Waals surface area contributed by atoms with E-state index in [1.54, 1.807) is 25.1 Å². The highest BCUT2D eigenvalue weighted by molar-refractivity contribution is 5.93. The van der Waals surface area contributed by atoms with Gasteiger partial charge in [0.2, 0.25) is 0 Å². The molecule has 0 radical (unpaired) electrons. The fraction of sp³-hybridized carbons (Fsp3) is 0.467. The Morgan fingerprint density at radius 3 is 2.50 bits per heavy atom. The van der Waals surface area contributed by atoms with Crippen LogP contribution in [0.25, 0.3) is 0 Å². The number of nitrogen functional groups attached to an aromatic ring is 1. The normalized spacial score (nSPS) is 10.4. The topological polar surface area (TPSA) is 81.4 Å². The van der Waals surface area contributed by atoms with Gasteiger partial charge in [-0.15, -0.1) is 0 Å². The molecule has 20 heavy (non-hydrogen) atoms. The number of aryl methyl sites for hydroxylation is 1. The summed E-state index contributed by atoms with van der Waals surface area (Å²) in [7, 11) is 0. The number of hydrogen-bond donors (Lipinski definition) is 2. The molecule has 0 aromatic heterocycles. The molecular weight excluding hydrogens is 256 g/mol. The van der Waals surface area contributed by atoms with Crippen molar-refractivity contribution in [2.75, 3.05) is 12.3 Å². The number of carbonyl (C=O) groups excluding carboxylic acids is 2. The molecule has 5 nitrogen and oxygen atoms in total. The van der Waals surface area contributed by atoms with E-state index >= 15 is 0 Å². The lowest BCUT2D eigenvalue weighted by Crippen LogP contribution is -2.36. The Morgan fingerprint density at radius 2 is 1.95 bits per heavy atom. The summed E-state index contributed by atoms with van der Waals surface area (Å²) in [6.07, 6.45) is 1.71. The average Bonchev–Trinajstić information content (AvgIpc) is 2.42. The molecule has 0 heterocycles. The van der Waals surface area contributed by atoms with Crippen molar-refractivity contribution in [1.82, 2.24) is 5.32 Å². The number of benzene rings is 1. The summed E-state index contributed by atoms with van der Waals surface area (Å²) in [6.45, 7) is 5.51. The van der Waals surface area contributed by atoms with Crippen LogP contribution in [0.2, 0.25) is 0 Å². The van der Waals surface area contributed by atoms with Crippen molar-refractivity contribution in [3.63, 3.8) is 0 Å². The van der Waals surface area contributed by atoms with Crippen molar-refractivity contribution in [2.45, 2.75) is 39.7 Å². The molecule has 1 aromatic carbocycles. The van der Waals surface area contributed by atoms with Crippen LogP contribution in [-0.4, -0.2) is 24.5 Å². The summed E-state index contributed by atoms with van der Waals surface area (Å²) in [6, 6.07) is 5.06. The zero-order valence-electron chi connectivity index (χ0n) is 12.2. The Kier molecular flexibility index (Phi) is 6.03. The minimum atomic E-state index is -0.512. The summed E-state index contributed by atoms with van der Waals surface area (Å²) in [5, 5.41) is 2.81. The van der Waals surface area contributed by atoms with Crippen LogP contribution in [0.15, 0.2) is 18.2 Å². The van der Waals surface area contributed by atoms with Gasteiger partial charge in [0.05, 0.1) is 5.56 Å². The molecule has 0 aliphatic heterocycles. The van der Waals surface area contributed by atoms with Gasteiger partial charge in [-0.25, -0.2) is 4.79 Å². The third-order valence-corrected chi connectivity index (χ3v) is 3.16. The second-order valence-corrected chi connectivity index (χ2v) is 4.73. The Morgan fingerprint density at radius 1 is 1.30 bits per heavy atom. The van der Waals surface area contributed by atoms with E-state index in [0.717, 1.165) is 18.4 Å². The Balaban J connectivity index is 2.53. The first-order chi connectivity index (χ1) is 9.47. The summed E-state index contributed by atoms with van der Waals surface area (Å²) >= 11 is 0. The molecule has 0 bridgehead atoms. The van der Waals surface area contributed by atoms with E-state index in [1.807, 2.05) is 13.8 Å². The monoisotopic (exact) mass is 278 g/mol. The van der Waals surface area contributed by atoms with Crippen LogP contribution in [0.1, 0.15) is 42.6 Å². The molecule has 0 fully saturated rings. The molecule has 110 valence electrons. The summed E-state index contributed by atoms with van der Waals surface area (Å²) in [4.78, 5) is 23.5. The van der Waals surface area contributed by atoms with Gasteiger partial charge in [-0.1, -0.05) is 13.8 Å². The smallest absolute Gasteiger partial charge is 0.338 e. The summed E-state index contributed by atoms with van der Waals surface area (Å²) < 4.78 is 5.01. The van der Waals surface area contributed by atoms with Crippen LogP contribution in [0, 0.1) is 6.92 Å². The van der Waals surface area contributed by atoms with Gasteiger partial charge in [0.25, 0.3) is 5.91 Å². The van der Waals surface area contributed by atoms with Gasteiger partial charge in [0.15, 0.2) is 6.61 Å². The SMILES string of the molecule is CCC(CC)NC(=O)COC(=O)c1ccc(N)cc1C. The van der Waals surface area contributed by atoms with Gasteiger partial charge < -0.3 is 15.8 Å². The average molecular weight is 278 g/mol. The molecular formula is C15H22N2O3. The standard InChI is InChI=1S/C15H22N2O3/c1-4-12(5-2)17-14(18)9-20-15(19)13-7-6-11(16)8-10(13)3/h6-8,12H,4-5,9,16H2,1-3H3,(H,17,18). The zero-order valence-corrected chi connectivity index (χ0v) is 12.2. The first kappa shape index (κ1) is 16.0. The van der Waals surface area contributed by atoms with Crippen molar-refractivity contribution in [2.24, 2.45) is 0 Å². The van der Waals surface area contributed by atoms with Crippen molar-refractivity contribution < 1.29 is 14.3 Å². The molecule has 0 saturated carbocycles. The van der Waals surface area contributed by atoms with Crippen molar-refractivity contribution in [1.29, 1.82) is 0 Å². The lowest BCUT2D eigenvalue weighted by Gasteiger charge is -2.14. The molecule has 0 saturated heterocycles. The zero-order chi connectivity index (χ0) is 15.1. The van der Waals surface area contributed by atoms with Crippen LogP contribution in [0.5, 0.6) is 0 Å². The van der Waals surface area contributed by atoms with Crippen LogP contribution >= 0.6 is 0 Å². The minimum absolute atomic E-state index is 0.125. The number of carbonyl (C=O) groups is 2. The van der Waals surface area contributed by atoms with Crippen LogP contribution in [0.3, 0.4) is 0 Å². The third-order valence-electron chi connectivity index (χ3n) is 3.16. The van der Waals surface area contributed by atoms with E-state index in [4.69, 9.17) is 10.5 Å². The van der Waals surface area contributed by atoms with Crippen LogP contribution < -0.4 is 11.1 Å². The Hall–Kier alpha value is -2.04. The Labute approximate surface area is 119 Å². The van der Waals surface area contributed by atoms with E-state index in [2.05, 4.69) is 5.32 Å². The van der Waals surface area contributed by atoms with E-state index < -0.39 is 5.97 Å². The van der Waals surface area contributed by atoms with Crippen molar-refractivity contribution >= 4 is 17.6 Å². The van der Waals surface area contributed by atoms with E-state index in [9.17, 15) is 9.59 Å². The van der Waals surface area contributed by atoms with Gasteiger partial charge in [-0.2, -0.15) is 0 Å². The molecule has 0 unspecified atom stereocenters. The van der Waals surface area contributed by atoms with Crippen LogP contribution in [-0.2, 0) is 9.53 Å². The van der Waals surface area contributed by atoms with E-state index in [0.29, 0.717) is 11.3 Å². The first-order valence-electron chi connectivity index (χ1n) is 6.80. The molecule has 5 heteroatoms. The lowest BCUT2D eigenvalue weighted by molar-refractivity contribution is -0.125. The van der Waals surface area contributed by atoms with E-state index in [1.165, 1.54) is 0 Å². The molecule has 0 aliphatic rings. The Bertz CT molecular complexity index is 482. The minimum Gasteiger partial charge on any atom is -0.452 e. The lowest BCUT2D eigenvalue weighted by atomic mass is 10.1. The fourth-order valence-corrected chi connectivity index (χ4v) is 1.89. The number of anilines is 1. The van der Waals surface area contributed by atoms with Crippen molar-refractivity contribution in [3.8, 4) is 0 Å². The van der Waals surface area contributed by atoms with E-state index in [-0.39, 0.29) is 18.6 Å². The number of esters is 1. The molecule has 0 aliphatic carbocycles. The maximum atomic E-state index is 11.9. The highest BCUT2D eigenvalue weighted by Crippen LogP contribution is 2.13. The maximum Gasteiger partial charge on any atom is 0.338 e. The second kappa shape index (κ2) is 7.53. The first-order valence-corrected chi connectivity index (χ1v) is 6.80. The van der Waals surface area contributed by atoms with Crippen molar-refractivity contribution in [3.05, 3.63) is 29.3 Å². The largest absolute Gasteiger partial charge is 0.452 e. The number of hydrogen-bond acceptors (Lipinski definition) is 4. The van der Waals surface area contributed by atoms with Gasteiger partial charge in [0.1, 0.15) is 0 Å². The maximum absolute atomic E-state index is 11.9. The fourth-order valence-electron chi connectivity index (χ4n) is 1.89. The van der Waals surface area contributed by atoms with Crippen LogP contribution in [0.4, 0.5) is 5.69 Å². The number of rotatable bonds is 6. The predicted molar refractivity (Wildman–Crippen MR) is 78.4 cm³/mol. The number of ether oxygens (including phenoxy) is 1. The third kappa shape index (κ3) is 4.57.